The summed E-state index contributed by atoms with van der Waals surface area (Å²) in [7, 11) is 0. The minimum Gasteiger partial charge on any atom is -0.336 e. The fourth-order valence-electron chi connectivity index (χ4n) is 1.19. The van der Waals surface area contributed by atoms with E-state index in [-0.39, 0.29) is 16.1 Å². The SMILES string of the molecule is FOC(F)(F)c1cc2c(Cl)ccnc2[nH]1. The van der Waals surface area contributed by atoms with Crippen LogP contribution in [0.5, 0.6) is 0 Å². The van der Waals surface area contributed by atoms with Crippen molar-refractivity contribution in [1.29, 1.82) is 0 Å². The molecule has 0 bridgehead atoms. The molecule has 0 aliphatic heterocycles. The first-order valence-electron chi connectivity index (χ1n) is 3.86. The molecule has 0 atom stereocenters. The van der Waals surface area contributed by atoms with Crippen molar-refractivity contribution >= 4 is 22.6 Å². The maximum Gasteiger partial charge on any atom is 0.427 e. The van der Waals surface area contributed by atoms with Crippen molar-refractivity contribution in [2.24, 2.45) is 0 Å². The second kappa shape index (κ2) is 3.39. The molecule has 0 aromatic carbocycles. The molecular weight excluding hydrogens is 233 g/mol. The summed E-state index contributed by atoms with van der Waals surface area (Å²) in [6, 6.07) is 2.43. The Balaban J connectivity index is 2.62. The molecule has 0 spiro atoms. The average Bonchev–Trinajstić information content (AvgIpc) is 2.64. The highest BCUT2D eigenvalue weighted by Gasteiger charge is 2.36. The van der Waals surface area contributed by atoms with Gasteiger partial charge in [-0.2, -0.15) is 8.78 Å². The number of fused-ring (bicyclic) bond motifs is 1. The summed E-state index contributed by atoms with van der Waals surface area (Å²) in [6.45, 7) is 0. The van der Waals surface area contributed by atoms with E-state index in [0.717, 1.165) is 6.07 Å². The Morgan fingerprint density at radius 2 is 2.20 bits per heavy atom. The highest BCUT2D eigenvalue weighted by atomic mass is 35.5. The predicted octanol–water partition coefficient (Wildman–Crippen LogP) is 3.17. The van der Waals surface area contributed by atoms with E-state index < -0.39 is 11.8 Å². The molecule has 0 unspecified atom stereocenters. The number of nitrogens with zero attached hydrogens (tertiary/aromatic N) is 1. The summed E-state index contributed by atoms with van der Waals surface area (Å²) in [6.07, 6.45) is -2.68. The van der Waals surface area contributed by atoms with Gasteiger partial charge in [0.25, 0.3) is 0 Å². The minimum absolute atomic E-state index is 0.147. The normalized spacial score (nSPS) is 12.3. The van der Waals surface area contributed by atoms with Crippen LogP contribution in [0.4, 0.5) is 13.3 Å². The Morgan fingerprint density at radius 1 is 1.47 bits per heavy atom. The van der Waals surface area contributed by atoms with Crippen molar-refractivity contribution in [3.63, 3.8) is 0 Å². The fourth-order valence-corrected chi connectivity index (χ4v) is 1.39. The summed E-state index contributed by atoms with van der Waals surface area (Å²) in [4.78, 5) is 8.53. The number of pyridine rings is 1. The summed E-state index contributed by atoms with van der Waals surface area (Å²) in [5, 5.41) is 0.531. The van der Waals surface area contributed by atoms with Crippen LogP contribution in [0.15, 0.2) is 18.3 Å². The second-order valence-electron chi connectivity index (χ2n) is 2.83. The number of H-pyrrole nitrogens is 1. The van der Waals surface area contributed by atoms with Crippen LogP contribution in [-0.2, 0) is 11.1 Å². The van der Waals surface area contributed by atoms with Crippen LogP contribution < -0.4 is 0 Å². The van der Waals surface area contributed by atoms with E-state index in [2.05, 4.69) is 14.9 Å². The molecule has 0 saturated heterocycles. The van der Waals surface area contributed by atoms with Crippen LogP contribution in [0.2, 0.25) is 5.02 Å². The lowest BCUT2D eigenvalue weighted by Crippen LogP contribution is -2.13. The Labute approximate surface area is 86.7 Å². The quantitative estimate of drug-likeness (QED) is 0.870. The van der Waals surface area contributed by atoms with E-state index in [9.17, 15) is 13.3 Å². The van der Waals surface area contributed by atoms with Crippen LogP contribution in [0.25, 0.3) is 11.0 Å². The zero-order valence-corrected chi connectivity index (χ0v) is 7.86. The number of nitrogens with one attached hydrogen (secondary N) is 1. The third-order valence-electron chi connectivity index (χ3n) is 1.89. The number of alkyl halides is 2. The second-order valence-corrected chi connectivity index (χ2v) is 3.24. The number of rotatable bonds is 2. The van der Waals surface area contributed by atoms with Gasteiger partial charge in [0.05, 0.1) is 5.02 Å². The summed E-state index contributed by atoms with van der Waals surface area (Å²) >= 11 is 5.72. The van der Waals surface area contributed by atoms with Crippen LogP contribution in [0.3, 0.4) is 0 Å². The van der Waals surface area contributed by atoms with E-state index in [4.69, 9.17) is 11.6 Å². The van der Waals surface area contributed by atoms with Crippen molar-refractivity contribution < 1.29 is 18.2 Å². The minimum atomic E-state index is -4.02. The lowest BCUT2D eigenvalue weighted by molar-refractivity contribution is -0.365. The van der Waals surface area contributed by atoms with Crippen molar-refractivity contribution in [3.8, 4) is 0 Å². The molecule has 7 heteroatoms. The smallest absolute Gasteiger partial charge is 0.336 e. The Hall–Kier alpha value is -1.27. The van der Waals surface area contributed by atoms with Crippen LogP contribution >= 0.6 is 11.6 Å². The number of halogens is 4. The first-order valence-corrected chi connectivity index (χ1v) is 4.23. The maximum atomic E-state index is 12.8. The number of aromatic amines is 1. The van der Waals surface area contributed by atoms with Crippen LogP contribution in [0, 0.1) is 0 Å². The van der Waals surface area contributed by atoms with Gasteiger partial charge in [-0.05, 0) is 16.7 Å². The van der Waals surface area contributed by atoms with E-state index in [0.29, 0.717) is 0 Å². The molecule has 3 nitrogen and oxygen atoms in total. The third kappa shape index (κ3) is 1.66. The van der Waals surface area contributed by atoms with Gasteiger partial charge in [-0.1, -0.05) is 11.6 Å². The number of hydrogen-bond acceptors (Lipinski definition) is 2. The fraction of sp³-hybridized carbons (Fsp3) is 0.125. The molecule has 0 aliphatic rings. The molecule has 0 aliphatic carbocycles. The lowest BCUT2D eigenvalue weighted by atomic mass is 10.3. The monoisotopic (exact) mass is 236 g/mol. The van der Waals surface area contributed by atoms with Gasteiger partial charge in [-0.25, -0.2) is 4.98 Å². The zero-order chi connectivity index (χ0) is 11.1. The van der Waals surface area contributed by atoms with Gasteiger partial charge >= 0.3 is 6.11 Å². The topological polar surface area (TPSA) is 37.9 Å². The largest absolute Gasteiger partial charge is 0.427 e. The Bertz CT molecular complexity index is 500. The van der Waals surface area contributed by atoms with Gasteiger partial charge in [-0.3, -0.25) is 0 Å². The first-order chi connectivity index (χ1) is 7.04. The number of hydrogen-bond donors (Lipinski definition) is 1. The van der Waals surface area contributed by atoms with E-state index in [1.54, 1.807) is 0 Å². The Kier molecular flexibility index (Phi) is 2.32. The summed E-state index contributed by atoms with van der Waals surface area (Å²) in [5.74, 6) is 0. The third-order valence-corrected chi connectivity index (χ3v) is 2.22. The highest BCUT2D eigenvalue weighted by molar-refractivity contribution is 6.35. The van der Waals surface area contributed by atoms with Gasteiger partial charge in [0.15, 0.2) is 0 Å². The zero-order valence-electron chi connectivity index (χ0n) is 7.10. The standard InChI is InChI=1S/C8H4ClF3N2O/c9-5-1-2-13-7-4(5)3-6(14-7)8(10,11)15-12/h1-3H,(H,13,14). The van der Waals surface area contributed by atoms with Crippen molar-refractivity contribution in [3.05, 3.63) is 29.0 Å². The highest BCUT2D eigenvalue weighted by Crippen LogP contribution is 2.32. The van der Waals surface area contributed by atoms with Gasteiger partial charge in [0.1, 0.15) is 11.3 Å². The lowest BCUT2D eigenvalue weighted by Gasteiger charge is -2.06. The molecule has 0 amide bonds. The maximum absolute atomic E-state index is 12.8. The summed E-state index contributed by atoms with van der Waals surface area (Å²) in [5.41, 5.74) is -0.588. The molecule has 0 radical (unpaired) electrons. The van der Waals surface area contributed by atoms with E-state index >= 15 is 0 Å². The van der Waals surface area contributed by atoms with E-state index in [1.807, 2.05) is 0 Å². The summed E-state index contributed by atoms with van der Waals surface area (Å²) < 4.78 is 37.1. The molecular formula is C8H4ClF3N2O. The molecule has 2 aromatic rings. The molecule has 15 heavy (non-hydrogen) atoms. The van der Waals surface area contributed by atoms with Crippen LogP contribution in [-0.4, -0.2) is 9.97 Å². The van der Waals surface area contributed by atoms with Crippen molar-refractivity contribution in [2.75, 3.05) is 0 Å². The van der Waals surface area contributed by atoms with Crippen LogP contribution in [0.1, 0.15) is 5.69 Å². The predicted molar refractivity (Wildman–Crippen MR) is 47.2 cm³/mol. The first kappa shape index (κ1) is 10.3. The Morgan fingerprint density at radius 3 is 2.80 bits per heavy atom. The van der Waals surface area contributed by atoms with E-state index in [1.165, 1.54) is 12.3 Å². The van der Waals surface area contributed by atoms with Crippen molar-refractivity contribution in [2.45, 2.75) is 6.11 Å². The van der Waals surface area contributed by atoms with Crippen molar-refractivity contribution in [1.82, 2.24) is 9.97 Å². The molecule has 0 fully saturated rings. The molecule has 0 saturated carbocycles. The molecule has 2 heterocycles. The van der Waals surface area contributed by atoms with Gasteiger partial charge in [0, 0.05) is 11.6 Å². The van der Waals surface area contributed by atoms with Gasteiger partial charge < -0.3 is 4.98 Å². The molecule has 2 aromatic heterocycles. The molecule has 1 N–H and O–H groups in total. The molecule has 80 valence electrons. The number of aromatic nitrogens is 2. The average molecular weight is 237 g/mol. The van der Waals surface area contributed by atoms with Gasteiger partial charge in [-0.15, -0.1) is 4.94 Å². The molecule has 2 rings (SSSR count). The van der Waals surface area contributed by atoms with Gasteiger partial charge in [0.2, 0.25) is 0 Å².